The Balaban J connectivity index is 1.30. The average molecular weight is 494 g/mol. The second-order valence-electron chi connectivity index (χ2n) is 8.13. The maximum absolute atomic E-state index is 12.7. The molecule has 1 heterocycles. The summed E-state index contributed by atoms with van der Waals surface area (Å²) < 4.78 is 32.6. The standard InChI is InChI=1S/C26H27N3O5S/c30-25(28-15-17-29(18-16-28)35(32,33)20-21-9-3-1-4-10-21)19-34-24-14-8-7-13-23(24)26(31)27-22-11-5-2-6-12-22/h1-14H,15-20H2,(H,27,31). The summed E-state index contributed by atoms with van der Waals surface area (Å²) in [5.74, 6) is -0.356. The van der Waals surface area contributed by atoms with E-state index in [0.29, 0.717) is 17.0 Å². The highest BCUT2D eigenvalue weighted by atomic mass is 32.2. The highest BCUT2D eigenvalue weighted by Gasteiger charge is 2.29. The van der Waals surface area contributed by atoms with Gasteiger partial charge in [-0.1, -0.05) is 60.7 Å². The largest absolute Gasteiger partial charge is 0.483 e. The molecule has 1 fully saturated rings. The van der Waals surface area contributed by atoms with E-state index in [-0.39, 0.29) is 50.4 Å². The van der Waals surface area contributed by atoms with E-state index in [0.717, 1.165) is 5.56 Å². The number of rotatable bonds is 8. The predicted molar refractivity (Wildman–Crippen MR) is 134 cm³/mol. The summed E-state index contributed by atoms with van der Waals surface area (Å²) in [4.78, 5) is 27.0. The zero-order valence-corrected chi connectivity index (χ0v) is 20.0. The SMILES string of the molecule is O=C(Nc1ccccc1)c1ccccc1OCC(=O)N1CCN(S(=O)(=O)Cc2ccccc2)CC1. The quantitative estimate of drug-likeness (QED) is 0.521. The molecule has 9 heteroatoms. The zero-order valence-electron chi connectivity index (χ0n) is 19.2. The molecule has 1 N–H and O–H groups in total. The Bertz CT molecular complexity index is 1260. The minimum absolute atomic E-state index is 0.0628. The van der Waals surface area contributed by atoms with Crippen LogP contribution in [0.1, 0.15) is 15.9 Å². The summed E-state index contributed by atoms with van der Waals surface area (Å²) in [7, 11) is -3.46. The third-order valence-electron chi connectivity index (χ3n) is 5.69. The summed E-state index contributed by atoms with van der Waals surface area (Å²) >= 11 is 0. The number of benzene rings is 3. The number of nitrogens with zero attached hydrogens (tertiary/aromatic N) is 2. The van der Waals surface area contributed by atoms with Crippen molar-refractivity contribution in [3.05, 3.63) is 96.1 Å². The molecule has 0 atom stereocenters. The number of hydrogen-bond acceptors (Lipinski definition) is 5. The Morgan fingerprint density at radius 1 is 0.800 bits per heavy atom. The van der Waals surface area contributed by atoms with E-state index in [4.69, 9.17) is 4.74 Å². The molecular weight excluding hydrogens is 466 g/mol. The number of ether oxygens (including phenoxy) is 1. The molecule has 1 aliphatic heterocycles. The molecule has 8 nitrogen and oxygen atoms in total. The lowest BCUT2D eigenvalue weighted by Gasteiger charge is -2.34. The highest BCUT2D eigenvalue weighted by Crippen LogP contribution is 2.20. The summed E-state index contributed by atoms with van der Waals surface area (Å²) in [5, 5.41) is 2.81. The number of amides is 2. The lowest BCUT2D eigenvalue weighted by Crippen LogP contribution is -2.51. The van der Waals surface area contributed by atoms with Crippen LogP contribution in [0, 0.1) is 0 Å². The van der Waals surface area contributed by atoms with Crippen molar-refractivity contribution in [2.75, 3.05) is 38.1 Å². The molecule has 0 aliphatic carbocycles. The highest BCUT2D eigenvalue weighted by molar-refractivity contribution is 7.88. The Kier molecular flexibility index (Phi) is 7.79. The molecule has 3 aromatic rings. The second kappa shape index (κ2) is 11.2. The molecular formula is C26H27N3O5S. The summed E-state index contributed by atoms with van der Waals surface area (Å²) in [6, 6.07) is 24.8. The maximum atomic E-state index is 12.7. The third kappa shape index (κ3) is 6.46. The molecule has 1 aliphatic rings. The van der Waals surface area contributed by atoms with Crippen LogP contribution in [-0.2, 0) is 20.6 Å². The van der Waals surface area contributed by atoms with Crippen molar-refractivity contribution in [1.82, 2.24) is 9.21 Å². The first-order chi connectivity index (χ1) is 16.9. The van der Waals surface area contributed by atoms with Gasteiger partial charge < -0.3 is 15.0 Å². The van der Waals surface area contributed by atoms with Crippen molar-refractivity contribution < 1.29 is 22.7 Å². The van der Waals surface area contributed by atoms with Crippen molar-refractivity contribution >= 4 is 27.5 Å². The van der Waals surface area contributed by atoms with E-state index < -0.39 is 10.0 Å². The van der Waals surface area contributed by atoms with Crippen LogP contribution in [0.4, 0.5) is 5.69 Å². The molecule has 0 aromatic heterocycles. The summed E-state index contributed by atoms with van der Waals surface area (Å²) in [5.41, 5.74) is 1.71. The van der Waals surface area contributed by atoms with Gasteiger partial charge in [0.05, 0.1) is 11.3 Å². The van der Waals surface area contributed by atoms with Crippen LogP contribution >= 0.6 is 0 Å². The molecule has 1 saturated heterocycles. The van der Waals surface area contributed by atoms with Crippen LogP contribution in [0.2, 0.25) is 0 Å². The van der Waals surface area contributed by atoms with E-state index in [1.165, 1.54) is 4.31 Å². The van der Waals surface area contributed by atoms with E-state index in [1.807, 2.05) is 36.4 Å². The lowest BCUT2D eigenvalue weighted by molar-refractivity contribution is -0.134. The lowest BCUT2D eigenvalue weighted by atomic mass is 10.2. The van der Waals surface area contributed by atoms with E-state index in [9.17, 15) is 18.0 Å². The van der Waals surface area contributed by atoms with Gasteiger partial charge in [0.25, 0.3) is 11.8 Å². The van der Waals surface area contributed by atoms with Gasteiger partial charge >= 0.3 is 0 Å². The van der Waals surface area contributed by atoms with Gasteiger partial charge in [0.1, 0.15) is 5.75 Å². The van der Waals surface area contributed by atoms with Crippen LogP contribution in [0.25, 0.3) is 0 Å². The fraction of sp³-hybridized carbons (Fsp3) is 0.231. The zero-order chi connectivity index (χ0) is 24.7. The van der Waals surface area contributed by atoms with E-state index in [2.05, 4.69) is 5.32 Å². The molecule has 0 unspecified atom stereocenters. The van der Waals surface area contributed by atoms with Gasteiger partial charge in [-0.05, 0) is 29.8 Å². The first-order valence-electron chi connectivity index (χ1n) is 11.3. The van der Waals surface area contributed by atoms with Gasteiger partial charge in [-0.2, -0.15) is 4.31 Å². The van der Waals surface area contributed by atoms with Crippen molar-refractivity contribution in [2.24, 2.45) is 0 Å². The minimum Gasteiger partial charge on any atom is -0.483 e. The van der Waals surface area contributed by atoms with Gasteiger partial charge in [-0.3, -0.25) is 9.59 Å². The van der Waals surface area contributed by atoms with Crippen LogP contribution in [-0.4, -0.2) is 62.2 Å². The number of hydrogen-bond donors (Lipinski definition) is 1. The Morgan fingerprint density at radius 2 is 1.40 bits per heavy atom. The van der Waals surface area contributed by atoms with Gasteiger partial charge in [-0.15, -0.1) is 0 Å². The Labute approximate surface area is 205 Å². The van der Waals surface area contributed by atoms with Gasteiger partial charge in [0, 0.05) is 31.9 Å². The normalized spacial score (nSPS) is 14.3. The van der Waals surface area contributed by atoms with Crippen molar-refractivity contribution in [2.45, 2.75) is 5.75 Å². The van der Waals surface area contributed by atoms with Gasteiger partial charge in [-0.25, -0.2) is 8.42 Å². The van der Waals surface area contributed by atoms with Crippen LogP contribution < -0.4 is 10.1 Å². The van der Waals surface area contributed by atoms with E-state index >= 15 is 0 Å². The van der Waals surface area contributed by atoms with Gasteiger partial charge in [0.2, 0.25) is 10.0 Å². The van der Waals surface area contributed by atoms with Crippen LogP contribution in [0.15, 0.2) is 84.9 Å². The molecule has 4 rings (SSSR count). The number of carbonyl (C=O) groups is 2. The van der Waals surface area contributed by atoms with E-state index in [1.54, 1.807) is 53.4 Å². The topological polar surface area (TPSA) is 96.0 Å². The second-order valence-corrected chi connectivity index (χ2v) is 10.1. The van der Waals surface area contributed by atoms with Crippen molar-refractivity contribution in [3.8, 4) is 5.75 Å². The Hall–Kier alpha value is -3.69. The molecule has 0 radical (unpaired) electrons. The molecule has 0 spiro atoms. The first kappa shape index (κ1) is 24.4. The molecule has 3 aromatic carbocycles. The molecule has 0 saturated carbocycles. The number of nitrogens with one attached hydrogen (secondary N) is 1. The third-order valence-corrected chi connectivity index (χ3v) is 7.54. The number of carbonyl (C=O) groups excluding carboxylic acids is 2. The fourth-order valence-electron chi connectivity index (χ4n) is 3.82. The Morgan fingerprint density at radius 3 is 2.09 bits per heavy atom. The van der Waals surface area contributed by atoms with Crippen molar-refractivity contribution in [1.29, 1.82) is 0 Å². The molecule has 0 bridgehead atoms. The van der Waals surface area contributed by atoms with Crippen LogP contribution in [0.5, 0.6) is 5.75 Å². The summed E-state index contributed by atoms with van der Waals surface area (Å²) in [6.45, 7) is 0.791. The van der Waals surface area contributed by atoms with Gasteiger partial charge in [0.15, 0.2) is 6.61 Å². The number of sulfonamides is 1. The fourth-order valence-corrected chi connectivity index (χ4v) is 5.34. The summed E-state index contributed by atoms with van der Waals surface area (Å²) in [6.07, 6.45) is 0. The molecule has 182 valence electrons. The maximum Gasteiger partial charge on any atom is 0.260 e. The number of para-hydroxylation sites is 2. The van der Waals surface area contributed by atoms with Crippen molar-refractivity contribution in [3.63, 3.8) is 0 Å². The minimum atomic E-state index is -3.46. The molecule has 2 amide bonds. The smallest absolute Gasteiger partial charge is 0.260 e. The predicted octanol–water partition coefficient (Wildman–Crippen LogP) is 2.99. The number of anilines is 1. The monoisotopic (exact) mass is 493 g/mol. The number of piperazine rings is 1. The van der Waals surface area contributed by atoms with Crippen LogP contribution in [0.3, 0.4) is 0 Å². The first-order valence-corrected chi connectivity index (χ1v) is 12.9. The average Bonchev–Trinajstić information content (AvgIpc) is 2.88. The molecule has 35 heavy (non-hydrogen) atoms.